The van der Waals surface area contributed by atoms with Crippen molar-refractivity contribution in [2.45, 2.75) is 12.5 Å². The van der Waals surface area contributed by atoms with E-state index < -0.39 is 5.82 Å². The second-order valence-corrected chi connectivity index (χ2v) is 7.21. The van der Waals surface area contributed by atoms with Crippen LogP contribution in [-0.4, -0.2) is 45.5 Å². The van der Waals surface area contributed by atoms with Gasteiger partial charge < -0.3 is 18.6 Å². The first kappa shape index (κ1) is 18.4. The van der Waals surface area contributed by atoms with Crippen LogP contribution in [0.25, 0.3) is 22.6 Å². The lowest BCUT2D eigenvalue weighted by Crippen LogP contribution is -2.29. The maximum absolute atomic E-state index is 14.1. The second-order valence-electron chi connectivity index (χ2n) is 7.21. The largest absolute Gasteiger partial charge is 0.494 e. The number of rotatable bonds is 4. The first-order valence-electron chi connectivity index (χ1n) is 9.64. The van der Waals surface area contributed by atoms with Crippen LogP contribution in [0.4, 0.5) is 4.39 Å². The van der Waals surface area contributed by atoms with Gasteiger partial charge in [-0.1, -0.05) is 0 Å². The maximum Gasteiger partial charge on any atom is 0.254 e. The van der Waals surface area contributed by atoms with Crippen molar-refractivity contribution in [3.8, 4) is 17.1 Å². The SMILES string of the molecule is COc1ccc(C(=O)N2CC[C@@H](n3c(-c4ccoc4)nc4cccnc43)C2)cc1F. The van der Waals surface area contributed by atoms with Crippen LogP contribution in [0, 0.1) is 5.82 Å². The molecule has 0 radical (unpaired) electrons. The minimum Gasteiger partial charge on any atom is -0.494 e. The standard InChI is InChI=1S/C22H19FN4O3/c1-29-19-5-4-14(11-17(19)23)22(28)26-9-6-16(12-26)27-20(15-7-10-30-13-15)25-18-3-2-8-24-21(18)27/h2-5,7-8,10-11,13,16H,6,9,12H2,1H3/t16-/m1/s1. The van der Waals surface area contributed by atoms with E-state index in [1.54, 1.807) is 29.7 Å². The fourth-order valence-corrected chi connectivity index (χ4v) is 3.99. The van der Waals surface area contributed by atoms with E-state index in [0.717, 1.165) is 29.0 Å². The molecule has 1 atom stereocenters. The molecule has 4 heterocycles. The molecule has 1 amide bonds. The number of likely N-dealkylation sites (tertiary alicyclic amines) is 1. The van der Waals surface area contributed by atoms with Gasteiger partial charge in [-0.05, 0) is 42.8 Å². The van der Waals surface area contributed by atoms with Gasteiger partial charge in [-0.25, -0.2) is 14.4 Å². The summed E-state index contributed by atoms with van der Waals surface area (Å²) in [5, 5.41) is 0. The van der Waals surface area contributed by atoms with Gasteiger partial charge in [0.05, 0.1) is 25.0 Å². The Bertz CT molecular complexity index is 1220. The normalized spacial score (nSPS) is 16.3. The Morgan fingerprint density at radius 2 is 2.20 bits per heavy atom. The number of aromatic nitrogens is 3. The van der Waals surface area contributed by atoms with Crippen molar-refractivity contribution >= 4 is 17.1 Å². The van der Waals surface area contributed by atoms with E-state index in [4.69, 9.17) is 14.1 Å². The van der Waals surface area contributed by atoms with Crippen LogP contribution in [-0.2, 0) is 0 Å². The number of halogens is 1. The summed E-state index contributed by atoms with van der Waals surface area (Å²) in [4.78, 5) is 23.9. The number of methoxy groups -OCH3 is 1. The molecule has 1 aromatic carbocycles. The molecule has 4 aromatic rings. The van der Waals surface area contributed by atoms with Crippen LogP contribution in [0.5, 0.6) is 5.75 Å². The number of hydrogen-bond donors (Lipinski definition) is 0. The molecule has 0 aliphatic carbocycles. The van der Waals surface area contributed by atoms with Crippen LogP contribution in [0.2, 0.25) is 0 Å². The minimum atomic E-state index is -0.550. The molecule has 0 N–H and O–H groups in total. The highest BCUT2D eigenvalue weighted by Gasteiger charge is 2.31. The third-order valence-corrected chi connectivity index (χ3v) is 5.44. The van der Waals surface area contributed by atoms with Crippen LogP contribution in [0.3, 0.4) is 0 Å². The number of hydrogen-bond acceptors (Lipinski definition) is 5. The summed E-state index contributed by atoms with van der Waals surface area (Å²) in [7, 11) is 1.39. The lowest BCUT2D eigenvalue weighted by Gasteiger charge is -2.19. The Morgan fingerprint density at radius 3 is 2.97 bits per heavy atom. The fraction of sp³-hybridized carbons (Fsp3) is 0.227. The third-order valence-electron chi connectivity index (χ3n) is 5.44. The molecule has 152 valence electrons. The van der Waals surface area contributed by atoms with Gasteiger partial charge in [0.15, 0.2) is 17.2 Å². The predicted octanol–water partition coefficient (Wildman–Crippen LogP) is 3.93. The number of amides is 1. The average molecular weight is 406 g/mol. The van der Waals surface area contributed by atoms with Crippen molar-refractivity contribution in [1.82, 2.24) is 19.4 Å². The van der Waals surface area contributed by atoms with E-state index in [1.807, 2.05) is 18.2 Å². The summed E-state index contributed by atoms with van der Waals surface area (Å²) in [5.41, 5.74) is 2.71. The summed E-state index contributed by atoms with van der Waals surface area (Å²) in [6, 6.07) is 9.90. The van der Waals surface area contributed by atoms with Gasteiger partial charge in [-0.2, -0.15) is 0 Å². The summed E-state index contributed by atoms with van der Waals surface area (Å²) in [6.45, 7) is 1.05. The summed E-state index contributed by atoms with van der Waals surface area (Å²) in [6.07, 6.45) is 5.74. The lowest BCUT2D eigenvalue weighted by atomic mass is 10.2. The topological polar surface area (TPSA) is 73.4 Å². The molecule has 8 heteroatoms. The van der Waals surface area contributed by atoms with Gasteiger partial charge in [0.2, 0.25) is 0 Å². The number of ether oxygens (including phenoxy) is 1. The van der Waals surface area contributed by atoms with Crippen molar-refractivity contribution in [3.63, 3.8) is 0 Å². The van der Waals surface area contributed by atoms with E-state index in [2.05, 4.69) is 9.55 Å². The van der Waals surface area contributed by atoms with Crippen molar-refractivity contribution in [3.05, 3.63) is 66.5 Å². The maximum atomic E-state index is 14.1. The van der Waals surface area contributed by atoms with E-state index >= 15 is 0 Å². The zero-order chi connectivity index (χ0) is 20.7. The fourth-order valence-electron chi connectivity index (χ4n) is 3.99. The zero-order valence-corrected chi connectivity index (χ0v) is 16.3. The molecule has 0 saturated carbocycles. The number of fused-ring (bicyclic) bond motifs is 1. The van der Waals surface area contributed by atoms with Gasteiger partial charge in [0.1, 0.15) is 17.6 Å². The number of nitrogens with zero attached hydrogens (tertiary/aromatic N) is 4. The summed E-state index contributed by atoms with van der Waals surface area (Å²) in [5.74, 6) is 0.117. The van der Waals surface area contributed by atoms with Gasteiger partial charge in [0, 0.05) is 24.8 Å². The molecule has 1 aliphatic heterocycles. The van der Waals surface area contributed by atoms with Crippen molar-refractivity contribution in [2.24, 2.45) is 0 Å². The molecule has 1 saturated heterocycles. The second kappa shape index (κ2) is 7.29. The molecule has 3 aromatic heterocycles. The number of carbonyl (C=O) groups excluding carboxylic acids is 1. The van der Waals surface area contributed by atoms with E-state index in [-0.39, 0.29) is 17.7 Å². The quantitative estimate of drug-likeness (QED) is 0.514. The molecule has 7 nitrogen and oxygen atoms in total. The van der Waals surface area contributed by atoms with Crippen molar-refractivity contribution in [1.29, 1.82) is 0 Å². The summed E-state index contributed by atoms with van der Waals surface area (Å²) < 4.78 is 26.3. The molecule has 0 spiro atoms. The molecule has 0 unspecified atom stereocenters. The van der Waals surface area contributed by atoms with E-state index in [0.29, 0.717) is 18.7 Å². The first-order valence-corrected chi connectivity index (χ1v) is 9.64. The smallest absolute Gasteiger partial charge is 0.254 e. The van der Waals surface area contributed by atoms with Crippen LogP contribution < -0.4 is 4.74 Å². The number of benzene rings is 1. The average Bonchev–Trinajstić information content (AvgIpc) is 3.51. The molecule has 30 heavy (non-hydrogen) atoms. The van der Waals surface area contributed by atoms with Crippen LogP contribution >= 0.6 is 0 Å². The monoisotopic (exact) mass is 406 g/mol. The Kier molecular flexibility index (Phi) is 4.46. The highest BCUT2D eigenvalue weighted by atomic mass is 19.1. The van der Waals surface area contributed by atoms with Crippen molar-refractivity contribution < 1.29 is 18.3 Å². The number of carbonyl (C=O) groups is 1. The number of pyridine rings is 1. The van der Waals surface area contributed by atoms with Gasteiger partial charge in [0.25, 0.3) is 5.91 Å². The summed E-state index contributed by atoms with van der Waals surface area (Å²) >= 11 is 0. The van der Waals surface area contributed by atoms with E-state index in [9.17, 15) is 9.18 Å². The lowest BCUT2D eigenvalue weighted by molar-refractivity contribution is 0.0787. The first-order chi connectivity index (χ1) is 14.7. The Morgan fingerprint density at radius 1 is 1.30 bits per heavy atom. The molecular formula is C22H19FN4O3. The molecule has 0 bridgehead atoms. The highest BCUT2D eigenvalue weighted by molar-refractivity contribution is 5.94. The van der Waals surface area contributed by atoms with Gasteiger partial charge in [-0.15, -0.1) is 0 Å². The molecule has 1 aliphatic rings. The Balaban J connectivity index is 1.46. The minimum absolute atomic E-state index is 0.00171. The zero-order valence-electron chi connectivity index (χ0n) is 16.3. The molecule has 1 fully saturated rings. The number of furan rings is 1. The van der Waals surface area contributed by atoms with E-state index in [1.165, 1.54) is 19.2 Å². The van der Waals surface area contributed by atoms with Crippen molar-refractivity contribution in [2.75, 3.05) is 20.2 Å². The number of imidazole rings is 1. The van der Waals surface area contributed by atoms with Crippen LogP contribution in [0.1, 0.15) is 22.8 Å². The van der Waals surface area contributed by atoms with Crippen LogP contribution in [0.15, 0.2) is 59.5 Å². The Labute approximate surface area is 171 Å². The highest BCUT2D eigenvalue weighted by Crippen LogP contribution is 2.33. The van der Waals surface area contributed by atoms with Gasteiger partial charge >= 0.3 is 0 Å². The molecule has 5 rings (SSSR count). The Hall–Kier alpha value is -3.68. The van der Waals surface area contributed by atoms with Gasteiger partial charge in [-0.3, -0.25) is 4.79 Å². The third kappa shape index (κ3) is 3.01. The molecular weight excluding hydrogens is 387 g/mol. The predicted molar refractivity (Wildman–Crippen MR) is 108 cm³/mol.